The fourth-order valence-electron chi connectivity index (χ4n) is 11.1. The fraction of sp³-hybridized carbons (Fsp3) is 0.631. The zero-order valence-electron chi connectivity index (χ0n) is 55.6. The summed E-state index contributed by atoms with van der Waals surface area (Å²) in [5.74, 6) is -10.3. The molecule has 0 aromatic heterocycles. The van der Waals surface area contributed by atoms with Crippen molar-refractivity contribution in [3.8, 4) is 0 Å². The van der Waals surface area contributed by atoms with E-state index in [1.807, 2.05) is 27.7 Å². The van der Waals surface area contributed by atoms with Crippen LogP contribution in [-0.4, -0.2) is 239 Å². The second-order valence-corrected chi connectivity index (χ2v) is 25.5. The Kier molecular flexibility index (Phi) is 28.4. The highest BCUT2D eigenvalue weighted by Crippen LogP contribution is 2.21. The Balaban J connectivity index is 1.86. The normalized spacial score (nSPS) is 24.4. The van der Waals surface area contributed by atoms with Gasteiger partial charge in [-0.15, -0.1) is 0 Å². The van der Waals surface area contributed by atoms with Gasteiger partial charge in [-0.1, -0.05) is 102 Å². The highest BCUT2D eigenvalue weighted by atomic mass is 16.3. The third-order valence-electron chi connectivity index (χ3n) is 16.9. The maximum atomic E-state index is 15.2. The molecule has 2 aliphatic heterocycles. The van der Waals surface area contributed by atoms with E-state index in [-0.39, 0.29) is 43.4 Å². The van der Waals surface area contributed by atoms with Crippen molar-refractivity contribution in [2.75, 3.05) is 61.9 Å². The van der Waals surface area contributed by atoms with E-state index in [0.717, 1.165) is 38.9 Å². The number of aliphatic hydroxyl groups excluding tert-OH is 1. The smallest absolute Gasteiger partial charge is 0.248 e. The van der Waals surface area contributed by atoms with Crippen molar-refractivity contribution in [2.24, 2.45) is 17.8 Å². The zero-order chi connectivity index (χ0) is 67.6. The summed E-state index contributed by atoms with van der Waals surface area (Å²) >= 11 is 0. The van der Waals surface area contributed by atoms with Gasteiger partial charge in [0.15, 0.2) is 0 Å². The molecule has 0 radical (unpaired) electrons. The van der Waals surface area contributed by atoms with Crippen LogP contribution in [0.1, 0.15) is 119 Å². The number of hydrogen-bond donors (Lipinski definition) is 6. The number of nitrogens with zero attached hydrogens (tertiary/aromatic N) is 7. The molecule has 2 aliphatic rings. The number of likely N-dealkylation sites (N-methyl/N-ethyl adjacent to an activating group) is 6. The number of piperidine rings is 1. The van der Waals surface area contributed by atoms with Crippen molar-refractivity contribution in [1.29, 1.82) is 0 Å². The van der Waals surface area contributed by atoms with Crippen LogP contribution in [0, 0.1) is 17.8 Å². The second-order valence-electron chi connectivity index (χ2n) is 25.5. The lowest BCUT2D eigenvalue weighted by atomic mass is 9.98. The van der Waals surface area contributed by atoms with E-state index in [9.17, 15) is 53.1 Å². The number of likely N-dealkylation sites (tertiary alicyclic amines) is 1. The lowest BCUT2D eigenvalue weighted by molar-refractivity contribution is -0.152. The molecule has 2 fully saturated rings. The lowest BCUT2D eigenvalue weighted by Gasteiger charge is -2.38. The maximum absolute atomic E-state index is 15.2. The van der Waals surface area contributed by atoms with Gasteiger partial charge in [0.2, 0.25) is 70.9 Å². The maximum Gasteiger partial charge on any atom is 0.248 e. The predicted molar refractivity (Wildman–Crippen MR) is 338 cm³/mol. The van der Waals surface area contributed by atoms with Crippen LogP contribution in [0.25, 0.3) is 0 Å². The van der Waals surface area contributed by atoms with Crippen LogP contribution in [0.3, 0.4) is 0 Å². The highest BCUT2D eigenvalue weighted by molar-refractivity contribution is 6.00. The van der Waals surface area contributed by atoms with Crippen molar-refractivity contribution in [2.45, 2.75) is 187 Å². The highest BCUT2D eigenvalue weighted by Gasteiger charge is 2.43. The van der Waals surface area contributed by atoms with Gasteiger partial charge >= 0.3 is 0 Å². The quantitative estimate of drug-likeness (QED) is 0.146. The van der Waals surface area contributed by atoms with Gasteiger partial charge in [-0.05, 0) is 88.7 Å². The number of carbonyl (C=O) groups is 12. The summed E-state index contributed by atoms with van der Waals surface area (Å²) in [6, 6.07) is 3.95. The van der Waals surface area contributed by atoms with Crippen molar-refractivity contribution in [1.82, 2.24) is 60.9 Å². The fourth-order valence-corrected chi connectivity index (χ4v) is 11.1. The molecule has 0 aliphatic carbocycles. The third-order valence-corrected chi connectivity index (χ3v) is 16.9. The lowest BCUT2D eigenvalue weighted by Crippen LogP contribution is -2.62. The van der Waals surface area contributed by atoms with Crippen molar-refractivity contribution < 1.29 is 62.6 Å². The molecule has 25 heteroatoms. The van der Waals surface area contributed by atoms with Crippen molar-refractivity contribution in [3.63, 3.8) is 0 Å². The number of nitrogens with one attached hydrogen (secondary N) is 5. The molecule has 0 saturated carbocycles. The van der Waals surface area contributed by atoms with Crippen molar-refractivity contribution >= 4 is 70.9 Å². The van der Waals surface area contributed by atoms with Crippen LogP contribution in [0.2, 0.25) is 0 Å². The van der Waals surface area contributed by atoms with E-state index in [1.54, 1.807) is 86.3 Å². The van der Waals surface area contributed by atoms with E-state index in [0.29, 0.717) is 24.2 Å². The first-order valence-corrected chi connectivity index (χ1v) is 31.3. The number of aliphatic hydroxyl groups is 1. The van der Waals surface area contributed by atoms with Crippen molar-refractivity contribution in [3.05, 3.63) is 71.8 Å². The monoisotopic (exact) mass is 1260 g/mol. The molecule has 0 unspecified atom stereocenters. The SMILES string of the molecule is CC(C)C[C@H]1C(=O)N[C@@H](C(C)C)C(=O)N[C@H](C(=O)N(C)[C@@H](Cc2ccccc2)C(=O)N[C@@H](C)C(=O)N2CCCCC2)CC(=O)N[C@H](C)C(=O)N(C)[C@@H](C)C(=O)N(C)[C@@H](Cc2ccccc2)C(=O)N(C)[C@@H](CC(C)C)C(=O)N[C@@H]([C@@H](C)O)C(=O)N(C)CC(=O)N1C. The van der Waals surface area contributed by atoms with Gasteiger partial charge in [0, 0.05) is 68.2 Å². The average Bonchev–Trinajstić information content (AvgIpc) is 1.05. The molecule has 0 spiro atoms. The average molecular weight is 1260 g/mol. The predicted octanol–water partition coefficient (Wildman–Crippen LogP) is 1.09. The molecule has 0 bridgehead atoms. The number of benzene rings is 2. The molecule has 498 valence electrons. The summed E-state index contributed by atoms with van der Waals surface area (Å²) in [5.41, 5.74) is 1.28. The van der Waals surface area contributed by atoms with Gasteiger partial charge in [-0.3, -0.25) is 57.5 Å². The first kappa shape index (κ1) is 74.5. The summed E-state index contributed by atoms with van der Waals surface area (Å²) in [6.07, 6.45) is 0.266. The molecule has 25 nitrogen and oxygen atoms in total. The Bertz CT molecular complexity index is 2830. The van der Waals surface area contributed by atoms with Crippen LogP contribution in [-0.2, 0) is 70.4 Å². The largest absolute Gasteiger partial charge is 0.391 e. The molecule has 6 N–H and O–H groups in total. The Morgan fingerprint density at radius 1 is 0.600 bits per heavy atom. The van der Waals surface area contributed by atoms with Gasteiger partial charge in [0.05, 0.1) is 19.1 Å². The second kappa shape index (κ2) is 34.3. The molecule has 2 aromatic rings. The summed E-state index contributed by atoms with van der Waals surface area (Å²) in [7, 11) is 8.07. The summed E-state index contributed by atoms with van der Waals surface area (Å²) in [4.78, 5) is 183. The van der Waals surface area contributed by atoms with Gasteiger partial charge in [0.25, 0.3) is 0 Å². The molecule has 2 heterocycles. The Hall–Kier alpha value is -7.96. The molecular weight excluding hydrogens is 1160 g/mol. The van der Waals surface area contributed by atoms with E-state index >= 15 is 9.59 Å². The number of amides is 12. The summed E-state index contributed by atoms with van der Waals surface area (Å²) < 4.78 is 0. The van der Waals surface area contributed by atoms with E-state index < -0.39 is 150 Å². The summed E-state index contributed by atoms with van der Waals surface area (Å²) in [5, 5.41) is 24.5. The van der Waals surface area contributed by atoms with Gasteiger partial charge in [-0.2, -0.15) is 0 Å². The molecule has 12 amide bonds. The molecule has 4 rings (SSSR count). The molecular formula is C65H100N12O13. The van der Waals surface area contributed by atoms with Crippen LogP contribution < -0.4 is 26.6 Å². The molecule has 2 saturated heterocycles. The first-order valence-electron chi connectivity index (χ1n) is 31.3. The minimum atomic E-state index is -1.78. The minimum Gasteiger partial charge on any atom is -0.391 e. The van der Waals surface area contributed by atoms with Crippen LogP contribution in [0.4, 0.5) is 0 Å². The summed E-state index contributed by atoms with van der Waals surface area (Å²) in [6.45, 7) is 16.5. The van der Waals surface area contributed by atoms with Crippen LogP contribution in [0.5, 0.6) is 0 Å². The van der Waals surface area contributed by atoms with E-state index in [1.165, 1.54) is 72.9 Å². The van der Waals surface area contributed by atoms with Gasteiger partial charge in [-0.25, -0.2) is 0 Å². The van der Waals surface area contributed by atoms with E-state index in [2.05, 4.69) is 26.6 Å². The Labute approximate surface area is 531 Å². The zero-order valence-corrected chi connectivity index (χ0v) is 55.6. The van der Waals surface area contributed by atoms with Gasteiger partial charge in [0.1, 0.15) is 60.4 Å². The number of carbonyl (C=O) groups excluding carboxylic acids is 12. The molecule has 90 heavy (non-hydrogen) atoms. The Morgan fingerprint density at radius 2 is 1.11 bits per heavy atom. The topological polar surface area (TPSA) is 308 Å². The third kappa shape index (κ3) is 20.5. The minimum absolute atomic E-state index is 0.0421. The van der Waals surface area contributed by atoms with Gasteiger partial charge < -0.3 is 66.0 Å². The van der Waals surface area contributed by atoms with Crippen LogP contribution in [0.15, 0.2) is 60.7 Å². The van der Waals surface area contributed by atoms with Crippen LogP contribution >= 0.6 is 0 Å². The number of hydrogen-bond acceptors (Lipinski definition) is 13. The Morgan fingerprint density at radius 3 is 1.63 bits per heavy atom. The number of rotatable bonds is 15. The standard InChI is InChI=1S/C65H100N12O13/c1-38(2)32-48-57(82)69-54(40(5)6)59(84)68-47(63(88)74(14)50(34-45-26-20-17-21-27-45)56(81)67-42(8)61(86)77-30-24-19-25-31-77)36-52(79)66-41(7)60(85)72(12)43(9)62(87)76(16)51(35-46-28-22-18-23-29-46)64(89)75(15)49(33-39(3)4)58(83)70-55(44(10)78)65(90)71(11)37-53(80)73(48)13/h17-18,20-23,26-29,38-44,47-51,54-55,78H,19,24-25,30-37H2,1-16H3,(H,66,79)(H,67,81)(H,68,84)(H,69,82)(H,70,83)/t41-,42+,43+,44-,47+,48+,49+,50+,51+,54+,55+/m1/s1. The first-order chi connectivity index (χ1) is 42.2. The van der Waals surface area contributed by atoms with E-state index in [4.69, 9.17) is 0 Å². The molecule has 11 atom stereocenters. The molecule has 2 aromatic carbocycles.